The van der Waals surface area contributed by atoms with Crippen molar-refractivity contribution in [1.82, 2.24) is 15.2 Å². The van der Waals surface area contributed by atoms with Crippen LogP contribution in [0.2, 0.25) is 0 Å². The summed E-state index contributed by atoms with van der Waals surface area (Å²) in [5, 5.41) is 3.36. The normalized spacial score (nSPS) is 22.6. The van der Waals surface area contributed by atoms with Gasteiger partial charge in [-0.2, -0.15) is 0 Å². The number of rotatable bonds is 1. The summed E-state index contributed by atoms with van der Waals surface area (Å²) >= 11 is 0. The van der Waals surface area contributed by atoms with Gasteiger partial charge in [-0.15, -0.1) is 0 Å². The molecule has 1 aliphatic heterocycles. The van der Waals surface area contributed by atoms with Gasteiger partial charge in [0.2, 0.25) is 5.91 Å². The molecular formula is C11H15N3O. The van der Waals surface area contributed by atoms with Crippen LogP contribution in [0.3, 0.4) is 0 Å². The predicted octanol–water partition coefficient (Wildman–Crippen LogP) is 0.574. The Morgan fingerprint density at radius 2 is 2.47 bits per heavy atom. The lowest BCUT2D eigenvalue weighted by molar-refractivity contribution is -0.129. The van der Waals surface area contributed by atoms with E-state index >= 15 is 0 Å². The number of hydrogen-bond donors (Lipinski definition) is 1. The van der Waals surface area contributed by atoms with Gasteiger partial charge in [-0.25, -0.2) is 0 Å². The third kappa shape index (κ3) is 2.33. The van der Waals surface area contributed by atoms with Gasteiger partial charge < -0.3 is 10.2 Å². The smallest absolute Gasteiger partial charge is 0.223 e. The Balaban J connectivity index is 2.13. The average Bonchev–Trinajstić information content (AvgIpc) is 2.43. The Labute approximate surface area is 89.3 Å². The largest absolute Gasteiger partial charge is 0.344 e. The molecule has 4 nitrogen and oxygen atoms in total. The number of hydrogen-bond acceptors (Lipinski definition) is 3. The first-order valence-corrected chi connectivity index (χ1v) is 5.14. The molecule has 1 atom stereocenters. The minimum atomic E-state index is 0.203. The topological polar surface area (TPSA) is 45.2 Å². The third-order valence-electron chi connectivity index (χ3n) is 2.70. The molecule has 0 saturated carbocycles. The van der Waals surface area contributed by atoms with Crippen molar-refractivity contribution in [3.05, 3.63) is 30.1 Å². The van der Waals surface area contributed by atoms with Crippen molar-refractivity contribution in [3.63, 3.8) is 0 Å². The van der Waals surface area contributed by atoms with Crippen LogP contribution in [0.4, 0.5) is 0 Å². The van der Waals surface area contributed by atoms with E-state index in [1.54, 1.807) is 11.1 Å². The van der Waals surface area contributed by atoms with Gasteiger partial charge in [0.05, 0.1) is 6.04 Å². The number of likely N-dealkylation sites (N-methyl/N-ethyl adjacent to an activating group) is 1. The Kier molecular flexibility index (Phi) is 2.97. The van der Waals surface area contributed by atoms with Crippen LogP contribution in [0.15, 0.2) is 24.5 Å². The van der Waals surface area contributed by atoms with Crippen LogP contribution in [0.25, 0.3) is 0 Å². The van der Waals surface area contributed by atoms with Crippen LogP contribution in [-0.4, -0.2) is 35.9 Å². The molecule has 1 amide bonds. The van der Waals surface area contributed by atoms with E-state index in [9.17, 15) is 4.79 Å². The SMILES string of the molecule is CN1CC(c2cccnc2)NCCC1=O. The van der Waals surface area contributed by atoms with Crippen molar-refractivity contribution >= 4 is 5.91 Å². The van der Waals surface area contributed by atoms with Gasteiger partial charge in [0.15, 0.2) is 0 Å². The van der Waals surface area contributed by atoms with Crippen LogP contribution in [0.1, 0.15) is 18.0 Å². The fourth-order valence-electron chi connectivity index (χ4n) is 1.79. The third-order valence-corrected chi connectivity index (χ3v) is 2.70. The molecule has 0 aliphatic carbocycles. The quantitative estimate of drug-likeness (QED) is 0.729. The van der Waals surface area contributed by atoms with Crippen molar-refractivity contribution in [2.75, 3.05) is 20.1 Å². The molecule has 4 heteroatoms. The number of aromatic nitrogens is 1. The number of amides is 1. The van der Waals surface area contributed by atoms with Gasteiger partial charge in [-0.1, -0.05) is 6.07 Å². The Morgan fingerprint density at radius 1 is 1.60 bits per heavy atom. The molecule has 0 aromatic carbocycles. The average molecular weight is 205 g/mol. The minimum absolute atomic E-state index is 0.203. The Hall–Kier alpha value is -1.42. The summed E-state index contributed by atoms with van der Waals surface area (Å²) in [6, 6.07) is 4.16. The fraction of sp³-hybridized carbons (Fsp3) is 0.455. The fourth-order valence-corrected chi connectivity index (χ4v) is 1.79. The summed E-state index contributed by atoms with van der Waals surface area (Å²) < 4.78 is 0. The van der Waals surface area contributed by atoms with Crippen LogP contribution in [0.5, 0.6) is 0 Å². The summed E-state index contributed by atoms with van der Waals surface area (Å²) in [4.78, 5) is 17.3. The molecule has 15 heavy (non-hydrogen) atoms. The molecule has 1 aliphatic rings. The van der Waals surface area contributed by atoms with E-state index < -0.39 is 0 Å². The number of nitrogens with one attached hydrogen (secondary N) is 1. The van der Waals surface area contributed by atoms with Crippen molar-refractivity contribution in [1.29, 1.82) is 0 Å². The second-order valence-corrected chi connectivity index (χ2v) is 3.82. The first-order chi connectivity index (χ1) is 7.27. The zero-order valence-corrected chi connectivity index (χ0v) is 8.81. The minimum Gasteiger partial charge on any atom is -0.344 e. The van der Waals surface area contributed by atoms with Gasteiger partial charge >= 0.3 is 0 Å². The molecular weight excluding hydrogens is 190 g/mol. The maximum absolute atomic E-state index is 11.5. The van der Waals surface area contributed by atoms with Crippen molar-refractivity contribution in [2.45, 2.75) is 12.5 Å². The molecule has 0 bridgehead atoms. The summed E-state index contributed by atoms with van der Waals surface area (Å²) in [7, 11) is 1.85. The highest BCUT2D eigenvalue weighted by Crippen LogP contribution is 2.15. The molecule has 0 radical (unpaired) electrons. The first-order valence-electron chi connectivity index (χ1n) is 5.14. The monoisotopic (exact) mass is 205 g/mol. The summed E-state index contributed by atoms with van der Waals surface area (Å²) in [5.41, 5.74) is 1.14. The standard InChI is InChI=1S/C11H15N3O/c1-14-8-10(13-6-4-11(14)15)9-3-2-5-12-7-9/h2-3,5,7,10,13H,4,6,8H2,1H3. The predicted molar refractivity (Wildman–Crippen MR) is 57.2 cm³/mol. The maximum atomic E-state index is 11.5. The number of carbonyl (C=O) groups excluding carboxylic acids is 1. The second-order valence-electron chi connectivity index (χ2n) is 3.82. The van der Waals surface area contributed by atoms with Crippen molar-refractivity contribution in [2.24, 2.45) is 0 Å². The van der Waals surface area contributed by atoms with Gasteiger partial charge in [0.1, 0.15) is 0 Å². The summed E-state index contributed by atoms with van der Waals surface area (Å²) in [6.45, 7) is 1.45. The van der Waals surface area contributed by atoms with Gasteiger partial charge in [-0.05, 0) is 11.6 Å². The highest BCUT2D eigenvalue weighted by molar-refractivity contribution is 5.76. The molecule has 1 unspecified atom stereocenters. The molecule has 1 N–H and O–H groups in total. The molecule has 0 spiro atoms. The second kappa shape index (κ2) is 4.40. The van der Waals surface area contributed by atoms with E-state index in [2.05, 4.69) is 10.3 Å². The van der Waals surface area contributed by atoms with Crippen molar-refractivity contribution < 1.29 is 4.79 Å². The Morgan fingerprint density at radius 3 is 3.20 bits per heavy atom. The van der Waals surface area contributed by atoms with Gasteiger partial charge in [0.25, 0.3) is 0 Å². The van der Waals surface area contributed by atoms with E-state index in [1.165, 1.54) is 0 Å². The van der Waals surface area contributed by atoms with Crippen LogP contribution in [-0.2, 0) is 4.79 Å². The lowest BCUT2D eigenvalue weighted by Crippen LogP contribution is -2.30. The number of pyridine rings is 1. The number of carbonyl (C=O) groups is 1. The molecule has 2 rings (SSSR count). The molecule has 1 saturated heterocycles. The lowest BCUT2D eigenvalue weighted by Gasteiger charge is -2.20. The highest BCUT2D eigenvalue weighted by atomic mass is 16.2. The first kappa shape index (κ1) is 10.1. The van der Waals surface area contributed by atoms with E-state index in [4.69, 9.17) is 0 Å². The molecule has 1 aromatic heterocycles. The zero-order chi connectivity index (χ0) is 10.7. The van der Waals surface area contributed by atoms with Crippen LogP contribution < -0.4 is 5.32 Å². The lowest BCUT2D eigenvalue weighted by atomic mass is 10.1. The van der Waals surface area contributed by atoms with Gasteiger partial charge in [0, 0.05) is 39.0 Å². The molecule has 1 fully saturated rings. The summed E-state index contributed by atoms with van der Waals surface area (Å²) in [6.07, 6.45) is 4.18. The molecule has 1 aromatic rings. The van der Waals surface area contributed by atoms with E-state index in [0.717, 1.165) is 12.1 Å². The van der Waals surface area contributed by atoms with Crippen molar-refractivity contribution in [3.8, 4) is 0 Å². The van der Waals surface area contributed by atoms with E-state index in [1.807, 2.05) is 25.4 Å². The molecule has 2 heterocycles. The van der Waals surface area contributed by atoms with Crippen LogP contribution >= 0.6 is 0 Å². The van der Waals surface area contributed by atoms with E-state index in [0.29, 0.717) is 13.0 Å². The maximum Gasteiger partial charge on any atom is 0.223 e. The zero-order valence-electron chi connectivity index (χ0n) is 8.81. The Bertz CT molecular complexity index is 339. The van der Waals surface area contributed by atoms with Crippen LogP contribution in [0, 0.1) is 0 Å². The summed E-state index contributed by atoms with van der Waals surface area (Å²) in [5.74, 6) is 0.203. The highest BCUT2D eigenvalue weighted by Gasteiger charge is 2.20. The van der Waals surface area contributed by atoms with E-state index in [-0.39, 0.29) is 11.9 Å². The van der Waals surface area contributed by atoms with Gasteiger partial charge in [-0.3, -0.25) is 9.78 Å². The number of nitrogens with zero attached hydrogens (tertiary/aromatic N) is 2. The molecule has 80 valence electrons.